The van der Waals surface area contributed by atoms with Crippen LogP contribution in [-0.2, 0) is 21.4 Å². The van der Waals surface area contributed by atoms with Crippen molar-refractivity contribution < 1.29 is 17.6 Å². The minimum Gasteiger partial charge on any atom is -0.335 e. The molecule has 2 aliphatic heterocycles. The Bertz CT molecular complexity index is 961. The van der Waals surface area contributed by atoms with Gasteiger partial charge in [-0.3, -0.25) is 14.7 Å². The second kappa shape index (κ2) is 8.17. The topological polar surface area (TPSA) is 73.8 Å². The molecule has 0 spiro atoms. The van der Waals surface area contributed by atoms with E-state index in [1.807, 2.05) is 23.1 Å². The van der Waals surface area contributed by atoms with Crippen LogP contribution in [0.25, 0.3) is 0 Å². The molecule has 4 rings (SSSR count). The van der Waals surface area contributed by atoms with Crippen LogP contribution < -0.4 is 0 Å². The quantitative estimate of drug-likeness (QED) is 0.733. The molecule has 1 aromatic heterocycles. The monoisotopic (exact) mass is 418 g/mol. The SMILES string of the molecule is O=C1C(N2CCN(S(=O)(=O)c3ccc(F)cc3)CC2)CCN1Cc1ccccn1. The van der Waals surface area contributed by atoms with E-state index in [1.165, 1.54) is 16.4 Å². The fraction of sp³-hybridized carbons (Fsp3) is 0.400. The lowest BCUT2D eigenvalue weighted by atomic mass is 10.2. The van der Waals surface area contributed by atoms with E-state index in [0.717, 1.165) is 24.2 Å². The lowest BCUT2D eigenvalue weighted by Gasteiger charge is -2.36. The Morgan fingerprint density at radius 2 is 1.72 bits per heavy atom. The molecule has 7 nitrogen and oxygen atoms in total. The molecule has 1 aromatic carbocycles. The molecule has 2 fully saturated rings. The number of likely N-dealkylation sites (tertiary alicyclic amines) is 1. The lowest BCUT2D eigenvalue weighted by molar-refractivity contribution is -0.133. The van der Waals surface area contributed by atoms with Crippen LogP contribution in [0.5, 0.6) is 0 Å². The smallest absolute Gasteiger partial charge is 0.243 e. The summed E-state index contributed by atoms with van der Waals surface area (Å²) in [6, 6.07) is 10.3. The third-order valence-corrected chi connectivity index (χ3v) is 7.43. The number of halogens is 1. The molecule has 3 heterocycles. The van der Waals surface area contributed by atoms with E-state index in [-0.39, 0.29) is 16.8 Å². The summed E-state index contributed by atoms with van der Waals surface area (Å²) in [6.45, 7) is 2.78. The summed E-state index contributed by atoms with van der Waals surface area (Å²) in [5.41, 5.74) is 0.858. The molecule has 1 amide bonds. The maximum atomic E-state index is 13.1. The van der Waals surface area contributed by atoms with Crippen molar-refractivity contribution in [3.63, 3.8) is 0 Å². The number of amides is 1. The molecule has 0 N–H and O–H groups in total. The molecular weight excluding hydrogens is 395 g/mol. The number of rotatable bonds is 5. The Hall–Kier alpha value is -2.36. The molecule has 0 radical (unpaired) electrons. The van der Waals surface area contributed by atoms with Gasteiger partial charge in [0.1, 0.15) is 5.82 Å². The highest BCUT2D eigenvalue weighted by Crippen LogP contribution is 2.23. The van der Waals surface area contributed by atoms with Gasteiger partial charge in [0.15, 0.2) is 0 Å². The van der Waals surface area contributed by atoms with Gasteiger partial charge in [-0.25, -0.2) is 12.8 Å². The van der Waals surface area contributed by atoms with Gasteiger partial charge in [0.05, 0.1) is 23.2 Å². The summed E-state index contributed by atoms with van der Waals surface area (Å²) >= 11 is 0. The number of carbonyl (C=O) groups is 1. The maximum absolute atomic E-state index is 13.1. The highest BCUT2D eigenvalue weighted by atomic mass is 32.2. The van der Waals surface area contributed by atoms with Gasteiger partial charge in [-0.15, -0.1) is 0 Å². The van der Waals surface area contributed by atoms with Crippen LogP contribution in [0.15, 0.2) is 53.6 Å². The minimum atomic E-state index is -3.65. The van der Waals surface area contributed by atoms with E-state index in [9.17, 15) is 17.6 Å². The fourth-order valence-electron chi connectivity index (χ4n) is 3.92. The fourth-order valence-corrected chi connectivity index (χ4v) is 5.34. The van der Waals surface area contributed by atoms with Crippen molar-refractivity contribution in [2.45, 2.75) is 23.9 Å². The minimum absolute atomic E-state index is 0.0745. The van der Waals surface area contributed by atoms with Crippen LogP contribution in [-0.4, -0.2) is 72.2 Å². The number of pyridine rings is 1. The number of hydrogen-bond acceptors (Lipinski definition) is 5. The van der Waals surface area contributed by atoms with Gasteiger partial charge in [-0.1, -0.05) is 6.07 Å². The predicted molar refractivity (Wildman–Crippen MR) is 105 cm³/mol. The molecule has 1 unspecified atom stereocenters. The third-order valence-electron chi connectivity index (χ3n) is 5.51. The van der Waals surface area contributed by atoms with E-state index in [1.54, 1.807) is 6.20 Å². The number of nitrogens with zero attached hydrogens (tertiary/aromatic N) is 4. The largest absolute Gasteiger partial charge is 0.335 e. The molecule has 1 atom stereocenters. The molecule has 29 heavy (non-hydrogen) atoms. The first-order chi connectivity index (χ1) is 13.9. The van der Waals surface area contributed by atoms with Crippen LogP contribution in [0.1, 0.15) is 12.1 Å². The van der Waals surface area contributed by atoms with Gasteiger partial charge >= 0.3 is 0 Å². The first-order valence-corrected chi connectivity index (χ1v) is 11.1. The average molecular weight is 418 g/mol. The van der Waals surface area contributed by atoms with Crippen molar-refractivity contribution in [1.82, 2.24) is 19.1 Å². The van der Waals surface area contributed by atoms with Gasteiger partial charge in [-0.05, 0) is 42.8 Å². The maximum Gasteiger partial charge on any atom is 0.243 e. The van der Waals surface area contributed by atoms with E-state index in [4.69, 9.17) is 0 Å². The summed E-state index contributed by atoms with van der Waals surface area (Å²) in [6.07, 6.45) is 2.45. The summed E-state index contributed by atoms with van der Waals surface area (Å²) in [5.74, 6) is -0.394. The summed E-state index contributed by atoms with van der Waals surface area (Å²) in [7, 11) is -3.65. The highest BCUT2D eigenvalue weighted by Gasteiger charge is 2.38. The van der Waals surface area contributed by atoms with Gasteiger partial charge in [-0.2, -0.15) is 4.31 Å². The molecule has 0 aliphatic carbocycles. The summed E-state index contributed by atoms with van der Waals surface area (Å²) in [5, 5.41) is 0. The number of hydrogen-bond donors (Lipinski definition) is 0. The van der Waals surface area contributed by atoms with E-state index in [0.29, 0.717) is 39.3 Å². The predicted octanol–water partition coefficient (Wildman–Crippen LogP) is 1.33. The van der Waals surface area contributed by atoms with E-state index >= 15 is 0 Å². The van der Waals surface area contributed by atoms with Crippen molar-refractivity contribution in [2.75, 3.05) is 32.7 Å². The number of aromatic nitrogens is 1. The zero-order valence-electron chi connectivity index (χ0n) is 15.9. The van der Waals surface area contributed by atoms with Crippen LogP contribution in [0.4, 0.5) is 4.39 Å². The summed E-state index contributed by atoms with van der Waals surface area (Å²) < 4.78 is 40.0. The Balaban J connectivity index is 1.36. The standard InChI is InChI=1S/C20H23FN4O3S/c21-16-4-6-18(7-5-16)29(27,28)25-13-11-23(12-14-25)19-8-10-24(20(19)26)15-17-3-1-2-9-22-17/h1-7,9,19H,8,10-15H2. The zero-order chi connectivity index (χ0) is 20.4. The Kier molecular flexibility index (Phi) is 5.62. The summed E-state index contributed by atoms with van der Waals surface area (Å²) in [4.78, 5) is 21.1. The van der Waals surface area contributed by atoms with Gasteiger partial charge in [0.25, 0.3) is 0 Å². The number of benzene rings is 1. The first kappa shape index (κ1) is 19.9. The van der Waals surface area contributed by atoms with E-state index in [2.05, 4.69) is 9.88 Å². The molecular formula is C20H23FN4O3S. The van der Waals surface area contributed by atoms with Crippen LogP contribution >= 0.6 is 0 Å². The second-order valence-corrected chi connectivity index (χ2v) is 9.22. The van der Waals surface area contributed by atoms with Gasteiger partial charge < -0.3 is 4.90 Å². The Morgan fingerprint density at radius 1 is 1.00 bits per heavy atom. The molecule has 0 saturated carbocycles. The normalized spacial score (nSPS) is 21.6. The molecule has 9 heteroatoms. The molecule has 2 saturated heterocycles. The van der Waals surface area contributed by atoms with Gasteiger partial charge in [0, 0.05) is 38.9 Å². The second-order valence-electron chi connectivity index (χ2n) is 7.28. The number of carbonyl (C=O) groups excluding carboxylic acids is 1. The molecule has 154 valence electrons. The van der Waals surface area contributed by atoms with Crippen LogP contribution in [0, 0.1) is 5.82 Å². The molecule has 2 aliphatic rings. The average Bonchev–Trinajstić information content (AvgIpc) is 3.09. The molecule has 2 aromatic rings. The number of sulfonamides is 1. The van der Waals surface area contributed by atoms with Crippen LogP contribution in [0.2, 0.25) is 0 Å². The van der Waals surface area contributed by atoms with Crippen molar-refractivity contribution in [3.05, 3.63) is 60.2 Å². The van der Waals surface area contributed by atoms with Crippen LogP contribution in [0.3, 0.4) is 0 Å². The lowest BCUT2D eigenvalue weighted by Crippen LogP contribution is -2.53. The number of piperazine rings is 1. The molecule has 0 bridgehead atoms. The van der Waals surface area contributed by atoms with Crippen molar-refractivity contribution in [3.8, 4) is 0 Å². The van der Waals surface area contributed by atoms with Crippen molar-refractivity contribution >= 4 is 15.9 Å². The zero-order valence-corrected chi connectivity index (χ0v) is 16.8. The van der Waals surface area contributed by atoms with E-state index < -0.39 is 15.8 Å². The third kappa shape index (κ3) is 4.17. The first-order valence-electron chi connectivity index (χ1n) is 9.63. The van der Waals surface area contributed by atoms with Crippen molar-refractivity contribution in [1.29, 1.82) is 0 Å². The highest BCUT2D eigenvalue weighted by molar-refractivity contribution is 7.89. The van der Waals surface area contributed by atoms with Gasteiger partial charge in [0.2, 0.25) is 15.9 Å². The Morgan fingerprint density at radius 3 is 2.38 bits per heavy atom. The van der Waals surface area contributed by atoms with Crippen molar-refractivity contribution in [2.24, 2.45) is 0 Å². The Labute approximate surface area is 169 Å².